The average molecular weight is 272 g/mol. The minimum Gasteiger partial charge on any atom is -0.396 e. The average Bonchev–Trinajstić information content (AvgIpc) is 2.61. The topological polar surface area (TPSA) is 55.5 Å². The molecule has 4 heteroatoms. The van der Waals surface area contributed by atoms with E-state index in [1.807, 2.05) is 24.3 Å². The minimum atomic E-state index is -0.557. The van der Waals surface area contributed by atoms with Gasteiger partial charge < -0.3 is 15.6 Å². The third kappa shape index (κ3) is 1.95. The van der Waals surface area contributed by atoms with Crippen molar-refractivity contribution >= 4 is 15.9 Å². The summed E-state index contributed by atoms with van der Waals surface area (Å²) in [5, 5.41) is 9.26. The van der Waals surface area contributed by atoms with Gasteiger partial charge in [0.2, 0.25) is 0 Å². The first-order valence-electron chi connectivity index (χ1n) is 4.90. The van der Waals surface area contributed by atoms with Crippen molar-refractivity contribution in [1.82, 2.24) is 0 Å². The Morgan fingerprint density at radius 1 is 1.60 bits per heavy atom. The molecule has 0 radical (unpaired) electrons. The number of nitrogens with two attached hydrogens (primary N) is 1. The Balaban J connectivity index is 2.36. The molecule has 1 fully saturated rings. The number of ether oxygens (including phenoxy) is 1. The molecule has 0 spiro atoms. The van der Waals surface area contributed by atoms with Gasteiger partial charge in [0.25, 0.3) is 0 Å². The van der Waals surface area contributed by atoms with E-state index < -0.39 is 5.54 Å². The number of halogens is 1. The molecule has 1 aliphatic rings. The summed E-state index contributed by atoms with van der Waals surface area (Å²) in [5.74, 6) is -0.0215. The van der Waals surface area contributed by atoms with E-state index in [1.165, 1.54) is 0 Å². The van der Waals surface area contributed by atoms with Gasteiger partial charge in [0, 0.05) is 10.4 Å². The third-order valence-electron chi connectivity index (χ3n) is 2.97. The van der Waals surface area contributed by atoms with Crippen LogP contribution in [0.3, 0.4) is 0 Å². The van der Waals surface area contributed by atoms with Crippen LogP contribution in [0.2, 0.25) is 0 Å². The first-order chi connectivity index (χ1) is 7.16. The van der Waals surface area contributed by atoms with Crippen LogP contribution in [0.25, 0.3) is 0 Å². The predicted molar refractivity (Wildman–Crippen MR) is 61.4 cm³/mol. The molecule has 15 heavy (non-hydrogen) atoms. The fourth-order valence-electron chi connectivity index (χ4n) is 1.95. The Morgan fingerprint density at radius 3 is 3.07 bits per heavy atom. The molecule has 0 aromatic heterocycles. The summed E-state index contributed by atoms with van der Waals surface area (Å²) in [6.45, 7) is 1.05. The molecular formula is C11H14BrNO2. The summed E-state index contributed by atoms with van der Waals surface area (Å²) in [6, 6.07) is 7.86. The van der Waals surface area contributed by atoms with E-state index in [4.69, 9.17) is 10.5 Å². The highest BCUT2D eigenvalue weighted by Gasteiger charge is 2.41. The van der Waals surface area contributed by atoms with Gasteiger partial charge in [-0.1, -0.05) is 28.1 Å². The standard InChI is InChI=1S/C11H14BrNO2/c12-10-3-1-2-8(4-10)11(13)7-15-6-9(11)5-14/h1-4,9,14H,5-7,13H2. The summed E-state index contributed by atoms with van der Waals surface area (Å²) in [5.41, 5.74) is 6.75. The van der Waals surface area contributed by atoms with Crippen molar-refractivity contribution in [2.75, 3.05) is 19.8 Å². The van der Waals surface area contributed by atoms with Gasteiger partial charge in [0.05, 0.1) is 25.4 Å². The van der Waals surface area contributed by atoms with E-state index in [2.05, 4.69) is 15.9 Å². The van der Waals surface area contributed by atoms with Crippen LogP contribution in [-0.2, 0) is 10.3 Å². The Bertz CT molecular complexity index is 358. The molecule has 1 saturated heterocycles. The summed E-state index contributed by atoms with van der Waals surface area (Å²) in [7, 11) is 0. The molecule has 1 aromatic carbocycles. The number of hydrogen-bond acceptors (Lipinski definition) is 3. The monoisotopic (exact) mass is 271 g/mol. The van der Waals surface area contributed by atoms with Gasteiger partial charge in [-0.2, -0.15) is 0 Å². The van der Waals surface area contributed by atoms with E-state index in [-0.39, 0.29) is 12.5 Å². The zero-order chi connectivity index (χ0) is 10.9. The highest BCUT2D eigenvalue weighted by molar-refractivity contribution is 9.10. The number of rotatable bonds is 2. The van der Waals surface area contributed by atoms with Crippen LogP contribution in [0.15, 0.2) is 28.7 Å². The molecule has 2 unspecified atom stereocenters. The van der Waals surface area contributed by atoms with Crippen molar-refractivity contribution < 1.29 is 9.84 Å². The molecule has 3 N–H and O–H groups in total. The normalized spacial score (nSPS) is 30.7. The Kier molecular flexibility index (Phi) is 3.11. The second kappa shape index (κ2) is 4.22. The second-order valence-corrected chi connectivity index (χ2v) is 4.86. The highest BCUT2D eigenvalue weighted by atomic mass is 79.9. The molecule has 82 valence electrons. The van der Waals surface area contributed by atoms with Crippen LogP contribution in [-0.4, -0.2) is 24.9 Å². The van der Waals surface area contributed by atoms with E-state index >= 15 is 0 Å². The fraction of sp³-hybridized carbons (Fsp3) is 0.455. The number of aliphatic hydroxyl groups is 1. The largest absolute Gasteiger partial charge is 0.396 e. The Labute approximate surface area is 97.4 Å². The van der Waals surface area contributed by atoms with E-state index in [9.17, 15) is 5.11 Å². The van der Waals surface area contributed by atoms with E-state index in [0.29, 0.717) is 13.2 Å². The lowest BCUT2D eigenvalue weighted by molar-refractivity contribution is 0.160. The van der Waals surface area contributed by atoms with Crippen LogP contribution in [0.4, 0.5) is 0 Å². The van der Waals surface area contributed by atoms with Crippen molar-refractivity contribution in [3.8, 4) is 0 Å². The predicted octanol–water partition coefficient (Wildman–Crippen LogP) is 1.24. The molecule has 0 saturated carbocycles. The Morgan fingerprint density at radius 2 is 2.40 bits per heavy atom. The van der Waals surface area contributed by atoms with Crippen molar-refractivity contribution in [3.63, 3.8) is 0 Å². The molecule has 1 aliphatic heterocycles. The molecule has 0 amide bonds. The van der Waals surface area contributed by atoms with Gasteiger partial charge >= 0.3 is 0 Å². The maximum atomic E-state index is 9.26. The number of benzene rings is 1. The van der Waals surface area contributed by atoms with Crippen LogP contribution in [0.5, 0.6) is 0 Å². The zero-order valence-electron chi connectivity index (χ0n) is 8.32. The first-order valence-corrected chi connectivity index (χ1v) is 5.69. The van der Waals surface area contributed by atoms with Gasteiger partial charge in [-0.15, -0.1) is 0 Å². The third-order valence-corrected chi connectivity index (χ3v) is 3.46. The van der Waals surface area contributed by atoms with Crippen LogP contribution in [0.1, 0.15) is 5.56 Å². The molecule has 1 aromatic rings. The van der Waals surface area contributed by atoms with Crippen molar-refractivity contribution in [1.29, 1.82) is 0 Å². The molecule has 0 bridgehead atoms. The zero-order valence-corrected chi connectivity index (χ0v) is 9.90. The molecular weight excluding hydrogens is 258 g/mol. The summed E-state index contributed by atoms with van der Waals surface area (Å²) in [6.07, 6.45) is 0. The van der Waals surface area contributed by atoms with Crippen molar-refractivity contribution in [2.24, 2.45) is 11.7 Å². The highest BCUT2D eigenvalue weighted by Crippen LogP contribution is 2.33. The number of aliphatic hydroxyl groups excluding tert-OH is 1. The van der Waals surface area contributed by atoms with E-state index in [0.717, 1.165) is 10.0 Å². The van der Waals surface area contributed by atoms with Crippen LogP contribution < -0.4 is 5.73 Å². The lowest BCUT2D eigenvalue weighted by Gasteiger charge is -2.28. The molecule has 0 aliphatic carbocycles. The summed E-state index contributed by atoms with van der Waals surface area (Å²) in [4.78, 5) is 0. The lowest BCUT2D eigenvalue weighted by atomic mass is 9.82. The minimum absolute atomic E-state index is 0.0215. The molecule has 2 rings (SSSR count). The molecule has 3 nitrogen and oxygen atoms in total. The van der Waals surface area contributed by atoms with Crippen LogP contribution in [0, 0.1) is 5.92 Å². The summed E-state index contributed by atoms with van der Waals surface area (Å²) < 4.78 is 6.35. The smallest absolute Gasteiger partial charge is 0.0720 e. The quantitative estimate of drug-likeness (QED) is 0.851. The van der Waals surface area contributed by atoms with Gasteiger partial charge in [-0.05, 0) is 17.7 Å². The molecule has 1 heterocycles. The van der Waals surface area contributed by atoms with E-state index in [1.54, 1.807) is 0 Å². The van der Waals surface area contributed by atoms with Gasteiger partial charge in [-0.25, -0.2) is 0 Å². The Hall–Kier alpha value is -0.420. The molecule has 2 atom stereocenters. The fourth-order valence-corrected chi connectivity index (χ4v) is 2.35. The number of hydrogen-bond donors (Lipinski definition) is 2. The first kappa shape index (κ1) is 11.1. The van der Waals surface area contributed by atoms with Crippen molar-refractivity contribution in [3.05, 3.63) is 34.3 Å². The van der Waals surface area contributed by atoms with Gasteiger partial charge in [-0.3, -0.25) is 0 Å². The van der Waals surface area contributed by atoms with Gasteiger partial charge in [0.15, 0.2) is 0 Å². The SMILES string of the molecule is NC1(c2cccc(Br)c2)COCC1CO. The summed E-state index contributed by atoms with van der Waals surface area (Å²) >= 11 is 3.42. The second-order valence-electron chi connectivity index (χ2n) is 3.95. The lowest BCUT2D eigenvalue weighted by Crippen LogP contribution is -2.45. The maximum absolute atomic E-state index is 9.26. The maximum Gasteiger partial charge on any atom is 0.0720 e. The van der Waals surface area contributed by atoms with Crippen LogP contribution >= 0.6 is 15.9 Å². The van der Waals surface area contributed by atoms with Gasteiger partial charge in [0.1, 0.15) is 0 Å². The van der Waals surface area contributed by atoms with Crippen molar-refractivity contribution in [2.45, 2.75) is 5.54 Å².